The first kappa shape index (κ1) is 17.5. The number of aliphatic hydroxyl groups excluding tert-OH is 1. The molecule has 0 aliphatic rings. The predicted molar refractivity (Wildman–Crippen MR) is 91.0 cm³/mol. The molecule has 2 aromatic rings. The summed E-state index contributed by atoms with van der Waals surface area (Å²) in [6.07, 6.45) is -0.845. The average Bonchev–Trinajstić information content (AvgIpc) is 2.59. The number of carbonyl (C=O) groups is 2. The quantitative estimate of drug-likeness (QED) is 0.758. The Bertz CT molecular complexity index is 730. The van der Waals surface area contributed by atoms with Gasteiger partial charge in [-0.05, 0) is 35.9 Å². The van der Waals surface area contributed by atoms with Gasteiger partial charge in [0.2, 0.25) is 5.91 Å². The molecule has 0 aromatic heterocycles. The van der Waals surface area contributed by atoms with Crippen LogP contribution in [-0.2, 0) is 4.79 Å². The van der Waals surface area contributed by atoms with Crippen LogP contribution in [0, 0.1) is 0 Å². The van der Waals surface area contributed by atoms with Gasteiger partial charge in [-0.15, -0.1) is 0 Å². The molecule has 0 aliphatic carbocycles. The molecule has 2 aromatic carbocycles. The molecule has 0 aliphatic heterocycles. The number of anilines is 1. The molecular weight excluding hydrogens is 308 g/mol. The van der Waals surface area contributed by atoms with Gasteiger partial charge in [-0.25, -0.2) is 0 Å². The van der Waals surface area contributed by atoms with Crippen molar-refractivity contribution in [2.45, 2.75) is 13.0 Å². The topological polar surface area (TPSA) is 87.7 Å². The van der Waals surface area contributed by atoms with Crippen LogP contribution in [0.2, 0.25) is 0 Å². The molecular formula is C18H20N2O4. The van der Waals surface area contributed by atoms with Gasteiger partial charge in [0, 0.05) is 24.7 Å². The van der Waals surface area contributed by atoms with E-state index in [4.69, 9.17) is 4.74 Å². The maximum atomic E-state index is 12.2. The van der Waals surface area contributed by atoms with Crippen molar-refractivity contribution in [3.8, 4) is 5.75 Å². The van der Waals surface area contributed by atoms with Crippen LogP contribution in [0.25, 0.3) is 0 Å². The molecule has 126 valence electrons. The maximum Gasteiger partial charge on any atom is 0.251 e. The van der Waals surface area contributed by atoms with Gasteiger partial charge >= 0.3 is 0 Å². The highest BCUT2D eigenvalue weighted by Gasteiger charge is 2.12. The number of carbonyl (C=O) groups excluding carboxylic acids is 2. The smallest absolute Gasteiger partial charge is 0.251 e. The van der Waals surface area contributed by atoms with Crippen molar-refractivity contribution in [3.63, 3.8) is 0 Å². The predicted octanol–water partition coefficient (Wildman–Crippen LogP) is 2.12. The molecule has 1 unspecified atom stereocenters. The molecule has 0 spiro atoms. The van der Waals surface area contributed by atoms with E-state index >= 15 is 0 Å². The van der Waals surface area contributed by atoms with Crippen LogP contribution in [0.4, 0.5) is 5.69 Å². The molecule has 0 saturated heterocycles. The third kappa shape index (κ3) is 4.82. The van der Waals surface area contributed by atoms with Gasteiger partial charge in [-0.3, -0.25) is 9.59 Å². The Labute approximate surface area is 140 Å². The zero-order chi connectivity index (χ0) is 17.5. The number of amides is 2. The second kappa shape index (κ2) is 8.12. The minimum absolute atomic E-state index is 0.0658. The number of rotatable bonds is 6. The first-order valence-electron chi connectivity index (χ1n) is 7.47. The molecule has 0 heterocycles. The van der Waals surface area contributed by atoms with Crippen LogP contribution in [0.3, 0.4) is 0 Å². The number of nitrogens with one attached hydrogen (secondary N) is 2. The zero-order valence-electron chi connectivity index (χ0n) is 13.6. The lowest BCUT2D eigenvalue weighted by molar-refractivity contribution is -0.114. The zero-order valence-corrected chi connectivity index (χ0v) is 13.6. The summed E-state index contributed by atoms with van der Waals surface area (Å²) < 4.78 is 5.11. The van der Waals surface area contributed by atoms with E-state index in [2.05, 4.69) is 10.6 Å². The summed E-state index contributed by atoms with van der Waals surface area (Å²) in [6.45, 7) is 1.47. The van der Waals surface area contributed by atoms with E-state index < -0.39 is 6.10 Å². The van der Waals surface area contributed by atoms with Crippen LogP contribution < -0.4 is 15.4 Å². The molecule has 6 nitrogen and oxygen atoms in total. The Morgan fingerprint density at radius 3 is 2.62 bits per heavy atom. The van der Waals surface area contributed by atoms with Gasteiger partial charge < -0.3 is 20.5 Å². The van der Waals surface area contributed by atoms with Crippen LogP contribution >= 0.6 is 0 Å². The fourth-order valence-corrected chi connectivity index (χ4v) is 2.20. The number of ether oxygens (including phenoxy) is 1. The molecule has 0 radical (unpaired) electrons. The maximum absolute atomic E-state index is 12.2. The van der Waals surface area contributed by atoms with E-state index in [9.17, 15) is 14.7 Å². The Kier molecular flexibility index (Phi) is 5.92. The highest BCUT2D eigenvalue weighted by molar-refractivity contribution is 5.96. The van der Waals surface area contributed by atoms with Crippen LogP contribution in [0.15, 0.2) is 48.5 Å². The molecule has 2 amide bonds. The number of hydrogen-bond donors (Lipinski definition) is 3. The Balaban J connectivity index is 1.98. The van der Waals surface area contributed by atoms with Crippen molar-refractivity contribution in [2.75, 3.05) is 19.0 Å². The number of aliphatic hydroxyl groups is 1. The summed E-state index contributed by atoms with van der Waals surface area (Å²) in [5.41, 5.74) is 1.60. The largest absolute Gasteiger partial charge is 0.497 e. The third-order valence-corrected chi connectivity index (χ3v) is 3.38. The molecule has 3 N–H and O–H groups in total. The van der Waals surface area contributed by atoms with Gasteiger partial charge in [0.15, 0.2) is 0 Å². The van der Waals surface area contributed by atoms with Gasteiger partial charge in [0.1, 0.15) is 5.75 Å². The second-order valence-corrected chi connectivity index (χ2v) is 5.26. The molecule has 0 fully saturated rings. The van der Waals surface area contributed by atoms with E-state index in [1.807, 2.05) is 0 Å². The number of hydrogen-bond acceptors (Lipinski definition) is 4. The van der Waals surface area contributed by atoms with Crippen molar-refractivity contribution < 1.29 is 19.4 Å². The van der Waals surface area contributed by atoms with E-state index in [0.29, 0.717) is 22.6 Å². The van der Waals surface area contributed by atoms with Crippen LogP contribution in [0.5, 0.6) is 5.75 Å². The van der Waals surface area contributed by atoms with Crippen molar-refractivity contribution in [3.05, 3.63) is 59.7 Å². The molecule has 0 bridgehead atoms. The average molecular weight is 328 g/mol. The van der Waals surface area contributed by atoms with Crippen LogP contribution in [-0.4, -0.2) is 30.6 Å². The SMILES string of the molecule is COc1cccc(C(O)CNC(=O)c2cccc(NC(C)=O)c2)c1. The summed E-state index contributed by atoms with van der Waals surface area (Å²) in [5, 5.41) is 15.5. The lowest BCUT2D eigenvalue weighted by Crippen LogP contribution is -2.28. The summed E-state index contributed by atoms with van der Waals surface area (Å²) in [6, 6.07) is 13.6. The standard InChI is InChI=1S/C18H20N2O4/c1-12(21)20-15-7-3-6-14(9-15)18(23)19-11-17(22)13-5-4-8-16(10-13)24-2/h3-10,17,22H,11H2,1-2H3,(H,19,23)(H,20,21). The first-order valence-corrected chi connectivity index (χ1v) is 7.47. The third-order valence-electron chi connectivity index (χ3n) is 3.38. The first-order chi connectivity index (χ1) is 11.5. The van der Waals surface area contributed by atoms with Crippen molar-refractivity contribution >= 4 is 17.5 Å². The van der Waals surface area contributed by atoms with Gasteiger partial charge in [-0.2, -0.15) is 0 Å². The van der Waals surface area contributed by atoms with E-state index in [0.717, 1.165) is 0 Å². The van der Waals surface area contributed by atoms with Gasteiger partial charge in [0.05, 0.1) is 13.2 Å². The molecule has 24 heavy (non-hydrogen) atoms. The van der Waals surface area contributed by atoms with Gasteiger partial charge in [-0.1, -0.05) is 18.2 Å². The minimum Gasteiger partial charge on any atom is -0.497 e. The summed E-state index contributed by atoms with van der Waals surface area (Å²) in [7, 11) is 1.55. The van der Waals surface area contributed by atoms with Crippen LogP contribution in [0.1, 0.15) is 28.9 Å². The van der Waals surface area contributed by atoms with Crippen molar-refractivity contribution in [1.82, 2.24) is 5.32 Å². The fourth-order valence-electron chi connectivity index (χ4n) is 2.20. The molecule has 0 saturated carbocycles. The van der Waals surface area contributed by atoms with E-state index in [1.165, 1.54) is 6.92 Å². The number of methoxy groups -OCH3 is 1. The Morgan fingerprint density at radius 2 is 1.92 bits per heavy atom. The summed E-state index contributed by atoms with van der Waals surface area (Å²) in [4.78, 5) is 23.2. The molecule has 1 atom stereocenters. The Morgan fingerprint density at radius 1 is 1.17 bits per heavy atom. The highest BCUT2D eigenvalue weighted by Crippen LogP contribution is 2.18. The highest BCUT2D eigenvalue weighted by atomic mass is 16.5. The summed E-state index contributed by atoms with van der Waals surface area (Å²) >= 11 is 0. The van der Waals surface area contributed by atoms with Gasteiger partial charge in [0.25, 0.3) is 5.91 Å². The lowest BCUT2D eigenvalue weighted by Gasteiger charge is -2.13. The monoisotopic (exact) mass is 328 g/mol. The Hall–Kier alpha value is -2.86. The summed E-state index contributed by atoms with van der Waals surface area (Å²) in [5.74, 6) is 0.103. The second-order valence-electron chi connectivity index (χ2n) is 5.26. The van der Waals surface area contributed by atoms with E-state index in [1.54, 1.807) is 55.6 Å². The molecule has 2 rings (SSSR count). The lowest BCUT2D eigenvalue weighted by atomic mass is 10.1. The normalized spacial score (nSPS) is 11.5. The van der Waals surface area contributed by atoms with Crippen molar-refractivity contribution in [2.24, 2.45) is 0 Å². The number of benzene rings is 2. The molecule has 6 heteroatoms. The van der Waals surface area contributed by atoms with Crippen molar-refractivity contribution in [1.29, 1.82) is 0 Å². The fraction of sp³-hybridized carbons (Fsp3) is 0.222. The van der Waals surface area contributed by atoms with E-state index in [-0.39, 0.29) is 18.4 Å². The minimum atomic E-state index is -0.845.